The number of aliphatic hydroxyl groups excluding tert-OH is 2. The Labute approximate surface area is 156 Å². The second-order valence-electron chi connectivity index (χ2n) is 7.91. The quantitative estimate of drug-likeness (QED) is 0.789. The monoisotopic (exact) mass is 372 g/mol. The normalized spacial score (nSPS) is 24.0. The predicted molar refractivity (Wildman–Crippen MR) is 105 cm³/mol. The minimum atomic E-state index is -2.64. The van der Waals surface area contributed by atoms with Gasteiger partial charge < -0.3 is 19.4 Å². The molecule has 2 N–H and O–H groups in total. The van der Waals surface area contributed by atoms with Gasteiger partial charge in [0.05, 0.1) is 12.7 Å². The molecule has 2 aromatic rings. The molecule has 0 saturated carbocycles. The first-order chi connectivity index (χ1) is 12.3. The molecule has 3 atom stereocenters. The summed E-state index contributed by atoms with van der Waals surface area (Å²) >= 11 is 0. The molecule has 1 heterocycles. The molecule has 0 aliphatic carbocycles. The van der Waals surface area contributed by atoms with Crippen LogP contribution < -0.4 is 10.4 Å². The fourth-order valence-electron chi connectivity index (χ4n) is 3.83. The molecule has 3 rings (SSSR count). The lowest BCUT2D eigenvalue weighted by Gasteiger charge is -2.43. The van der Waals surface area contributed by atoms with Gasteiger partial charge in [-0.2, -0.15) is 0 Å². The molecular weight excluding hydrogens is 344 g/mol. The van der Waals surface area contributed by atoms with Crippen molar-refractivity contribution in [2.45, 2.75) is 50.7 Å². The summed E-state index contributed by atoms with van der Waals surface area (Å²) in [6.45, 7) is 6.88. The van der Waals surface area contributed by atoms with Crippen molar-refractivity contribution >= 4 is 18.7 Å². The Hall–Kier alpha value is -1.50. The SMILES string of the molecule is CC(C)(C)[Si](OC[C@@H]1OC(O)C[C@H]1O)(c1ccccc1)c1ccccc1. The van der Waals surface area contributed by atoms with Gasteiger partial charge in [0.25, 0.3) is 8.32 Å². The Kier molecular flexibility index (Phi) is 5.65. The molecular formula is C21H28O4Si. The first kappa shape index (κ1) is 19.3. The summed E-state index contributed by atoms with van der Waals surface area (Å²) in [5, 5.41) is 22.1. The highest BCUT2D eigenvalue weighted by Gasteiger charge is 2.51. The standard InChI is InChI=1S/C21H28O4Si/c1-21(2,3)26(16-10-6-4-7-11-16,17-12-8-5-9-13-17)24-15-19-18(22)14-20(23)25-19/h4-13,18-20,22-23H,14-15H2,1-3H3/t18-,19+,20?/m1/s1. The van der Waals surface area contributed by atoms with Crippen LogP contribution in [0.1, 0.15) is 27.2 Å². The molecule has 2 aromatic carbocycles. The number of aliphatic hydroxyl groups is 2. The molecule has 5 heteroatoms. The third kappa shape index (κ3) is 3.63. The predicted octanol–water partition coefficient (Wildman–Crippen LogP) is 2.03. The molecule has 1 saturated heterocycles. The molecule has 26 heavy (non-hydrogen) atoms. The van der Waals surface area contributed by atoms with Gasteiger partial charge in [-0.3, -0.25) is 0 Å². The van der Waals surface area contributed by atoms with E-state index in [9.17, 15) is 10.2 Å². The molecule has 0 aromatic heterocycles. The Bertz CT molecular complexity index is 659. The third-order valence-corrected chi connectivity index (χ3v) is 10.1. The van der Waals surface area contributed by atoms with E-state index in [4.69, 9.17) is 9.16 Å². The lowest BCUT2D eigenvalue weighted by Crippen LogP contribution is -2.67. The molecule has 140 valence electrons. The van der Waals surface area contributed by atoms with Gasteiger partial charge >= 0.3 is 0 Å². The molecule has 0 bridgehead atoms. The molecule has 0 spiro atoms. The maximum atomic E-state index is 10.2. The molecule has 1 fully saturated rings. The average molecular weight is 373 g/mol. The van der Waals surface area contributed by atoms with E-state index in [-0.39, 0.29) is 18.1 Å². The second-order valence-corrected chi connectivity index (χ2v) is 12.2. The van der Waals surface area contributed by atoms with E-state index in [1.807, 2.05) is 36.4 Å². The number of ether oxygens (including phenoxy) is 1. The average Bonchev–Trinajstić information content (AvgIpc) is 2.94. The minimum absolute atomic E-state index is 0.127. The van der Waals surface area contributed by atoms with E-state index in [2.05, 4.69) is 45.0 Å². The van der Waals surface area contributed by atoms with Crippen LogP contribution in [0.5, 0.6) is 0 Å². The van der Waals surface area contributed by atoms with E-state index in [0.29, 0.717) is 0 Å². The molecule has 0 amide bonds. The zero-order chi connectivity index (χ0) is 18.8. The number of rotatable bonds is 5. The van der Waals surface area contributed by atoms with Crippen molar-refractivity contribution in [2.75, 3.05) is 6.61 Å². The van der Waals surface area contributed by atoms with Crippen molar-refractivity contribution in [3.8, 4) is 0 Å². The molecule has 1 aliphatic heterocycles. The highest BCUT2D eigenvalue weighted by Crippen LogP contribution is 2.37. The van der Waals surface area contributed by atoms with Crippen LogP contribution in [0.4, 0.5) is 0 Å². The van der Waals surface area contributed by atoms with Crippen LogP contribution in [0.15, 0.2) is 60.7 Å². The summed E-state index contributed by atoms with van der Waals surface area (Å²) in [5.41, 5.74) is 0. The van der Waals surface area contributed by atoms with Crippen molar-refractivity contribution in [1.29, 1.82) is 0 Å². The third-order valence-electron chi connectivity index (χ3n) is 5.09. The number of benzene rings is 2. The fourth-order valence-corrected chi connectivity index (χ4v) is 8.40. The maximum Gasteiger partial charge on any atom is 0.261 e. The minimum Gasteiger partial charge on any atom is -0.405 e. The summed E-state index contributed by atoms with van der Waals surface area (Å²) in [5.74, 6) is 0. The summed E-state index contributed by atoms with van der Waals surface area (Å²) < 4.78 is 12.2. The van der Waals surface area contributed by atoms with Crippen molar-refractivity contribution in [1.82, 2.24) is 0 Å². The van der Waals surface area contributed by atoms with E-state index in [1.165, 1.54) is 10.4 Å². The smallest absolute Gasteiger partial charge is 0.261 e. The van der Waals surface area contributed by atoms with E-state index in [1.54, 1.807) is 0 Å². The molecule has 1 unspecified atom stereocenters. The molecule has 4 nitrogen and oxygen atoms in total. The highest BCUT2D eigenvalue weighted by molar-refractivity contribution is 6.99. The van der Waals surface area contributed by atoms with Crippen LogP contribution in [0, 0.1) is 0 Å². The molecule has 0 radical (unpaired) electrons. The van der Waals surface area contributed by atoms with Crippen LogP contribution in [-0.4, -0.2) is 43.6 Å². The molecule has 1 aliphatic rings. The van der Waals surface area contributed by atoms with Crippen molar-refractivity contribution in [3.05, 3.63) is 60.7 Å². The lowest BCUT2D eigenvalue weighted by atomic mass is 10.2. The van der Waals surface area contributed by atoms with E-state index < -0.39 is 26.8 Å². The zero-order valence-corrected chi connectivity index (χ0v) is 16.6. The van der Waals surface area contributed by atoms with Gasteiger partial charge in [0.1, 0.15) is 6.10 Å². The topological polar surface area (TPSA) is 58.9 Å². The fraction of sp³-hybridized carbons (Fsp3) is 0.429. The summed E-state index contributed by atoms with van der Waals surface area (Å²) in [7, 11) is -2.64. The lowest BCUT2D eigenvalue weighted by molar-refractivity contribution is -0.105. The van der Waals surface area contributed by atoms with Gasteiger partial charge in [-0.15, -0.1) is 0 Å². The van der Waals surface area contributed by atoms with Gasteiger partial charge in [-0.1, -0.05) is 81.4 Å². The largest absolute Gasteiger partial charge is 0.405 e. The Morgan fingerprint density at radius 3 is 1.85 bits per heavy atom. The summed E-state index contributed by atoms with van der Waals surface area (Å²) in [6, 6.07) is 20.7. The second kappa shape index (κ2) is 7.62. The van der Waals surface area contributed by atoms with Gasteiger partial charge in [0, 0.05) is 6.42 Å². The van der Waals surface area contributed by atoms with Crippen LogP contribution >= 0.6 is 0 Å². The van der Waals surface area contributed by atoms with Gasteiger partial charge in [0.15, 0.2) is 6.29 Å². The van der Waals surface area contributed by atoms with Crippen molar-refractivity contribution < 1.29 is 19.4 Å². The van der Waals surface area contributed by atoms with Gasteiger partial charge in [-0.05, 0) is 15.4 Å². The number of hydrogen-bond donors (Lipinski definition) is 2. The number of hydrogen-bond acceptors (Lipinski definition) is 4. The highest BCUT2D eigenvalue weighted by atomic mass is 28.4. The first-order valence-corrected chi connectivity index (χ1v) is 11.0. The summed E-state index contributed by atoms with van der Waals surface area (Å²) in [4.78, 5) is 0. The maximum absolute atomic E-state index is 10.2. The van der Waals surface area contributed by atoms with Gasteiger partial charge in [-0.25, -0.2) is 0 Å². The van der Waals surface area contributed by atoms with Crippen LogP contribution in [0.3, 0.4) is 0 Å². The van der Waals surface area contributed by atoms with E-state index >= 15 is 0 Å². The zero-order valence-electron chi connectivity index (χ0n) is 15.6. The van der Waals surface area contributed by atoms with Crippen molar-refractivity contribution in [3.63, 3.8) is 0 Å². The van der Waals surface area contributed by atoms with Crippen LogP contribution in [0.2, 0.25) is 5.04 Å². The van der Waals surface area contributed by atoms with Crippen molar-refractivity contribution in [2.24, 2.45) is 0 Å². The Morgan fingerprint density at radius 2 is 1.46 bits per heavy atom. The Balaban J connectivity index is 2.03. The Morgan fingerprint density at radius 1 is 0.962 bits per heavy atom. The van der Waals surface area contributed by atoms with Crippen LogP contribution in [0.25, 0.3) is 0 Å². The van der Waals surface area contributed by atoms with Gasteiger partial charge in [0.2, 0.25) is 0 Å². The van der Waals surface area contributed by atoms with Crippen LogP contribution in [-0.2, 0) is 9.16 Å². The van der Waals surface area contributed by atoms with E-state index in [0.717, 1.165) is 0 Å². The summed E-state index contributed by atoms with van der Waals surface area (Å²) in [6.07, 6.45) is -1.90. The first-order valence-electron chi connectivity index (χ1n) is 9.11.